The maximum atomic E-state index is 15.2. The zero-order valence-corrected chi connectivity index (χ0v) is 30.1. The number of carbonyl (C=O) groups is 3. The summed E-state index contributed by atoms with van der Waals surface area (Å²) in [6.07, 6.45) is 4.46. The Kier molecular flexibility index (Phi) is 10.5. The Morgan fingerprint density at radius 2 is 1.73 bits per heavy atom. The van der Waals surface area contributed by atoms with Gasteiger partial charge in [0.15, 0.2) is 0 Å². The van der Waals surface area contributed by atoms with Crippen molar-refractivity contribution in [3.63, 3.8) is 0 Å². The average Bonchev–Trinajstić information content (AvgIpc) is 3.60. The van der Waals surface area contributed by atoms with Crippen LogP contribution in [0.3, 0.4) is 0 Å². The number of carbonyl (C=O) groups excluding carboxylic acids is 3. The molecule has 3 saturated heterocycles. The fraction of sp³-hybridized carbons (Fsp3) is 0.525. The molecular formula is C40H53N3O6. The molecule has 2 aromatic rings. The molecule has 2 bridgehead atoms. The van der Waals surface area contributed by atoms with E-state index in [1.165, 1.54) is 0 Å². The minimum absolute atomic E-state index is 0.117. The molecule has 0 radical (unpaired) electrons. The van der Waals surface area contributed by atoms with Gasteiger partial charge in [-0.1, -0.05) is 51.5 Å². The quantitative estimate of drug-likeness (QED) is 0.253. The lowest BCUT2D eigenvalue weighted by molar-refractivity contribution is -0.150. The van der Waals surface area contributed by atoms with E-state index in [-0.39, 0.29) is 49.3 Å². The van der Waals surface area contributed by atoms with Gasteiger partial charge in [0.05, 0.1) is 36.7 Å². The van der Waals surface area contributed by atoms with Crippen molar-refractivity contribution in [3.05, 3.63) is 78.9 Å². The summed E-state index contributed by atoms with van der Waals surface area (Å²) >= 11 is 0. The summed E-state index contributed by atoms with van der Waals surface area (Å²) in [5, 5.41) is 10.8. The molecule has 1 N–H and O–H groups in total. The Balaban J connectivity index is 1.67. The average molecular weight is 672 g/mol. The number of aliphatic hydroxyl groups excluding tert-OH is 1. The molecule has 0 aromatic heterocycles. The molecule has 8 atom stereocenters. The van der Waals surface area contributed by atoms with Crippen LogP contribution in [0, 0.1) is 37.5 Å². The van der Waals surface area contributed by atoms with E-state index in [1.54, 1.807) is 26.9 Å². The van der Waals surface area contributed by atoms with E-state index in [2.05, 4.69) is 13.2 Å². The highest BCUT2D eigenvalue weighted by atomic mass is 16.5. The third-order valence-electron chi connectivity index (χ3n) is 11.4. The maximum Gasteiger partial charge on any atom is 0.253 e. The van der Waals surface area contributed by atoms with Gasteiger partial charge in [0, 0.05) is 24.5 Å². The largest absolute Gasteiger partial charge is 0.494 e. The summed E-state index contributed by atoms with van der Waals surface area (Å²) in [5.74, 6) is -2.25. The molecule has 3 unspecified atom stereocenters. The summed E-state index contributed by atoms with van der Waals surface area (Å²) in [6, 6.07) is 11.6. The monoisotopic (exact) mass is 671 g/mol. The van der Waals surface area contributed by atoms with Crippen molar-refractivity contribution in [2.24, 2.45) is 23.7 Å². The van der Waals surface area contributed by atoms with Crippen molar-refractivity contribution in [2.45, 2.75) is 84.6 Å². The van der Waals surface area contributed by atoms with E-state index in [9.17, 15) is 9.90 Å². The summed E-state index contributed by atoms with van der Waals surface area (Å²) in [5.41, 5.74) is 0.989. The number of benzene rings is 2. The van der Waals surface area contributed by atoms with Crippen LogP contribution < -0.4 is 14.5 Å². The molecule has 3 aliphatic rings. The van der Waals surface area contributed by atoms with Crippen molar-refractivity contribution >= 4 is 29.1 Å². The highest BCUT2D eigenvalue weighted by Gasteiger charge is 2.80. The number of likely N-dealkylation sites (tertiary alicyclic amines) is 1. The van der Waals surface area contributed by atoms with Crippen LogP contribution in [0.2, 0.25) is 0 Å². The topological polar surface area (TPSA) is 99.6 Å². The minimum atomic E-state index is -1.28. The number of rotatable bonds is 14. The van der Waals surface area contributed by atoms with E-state index in [1.807, 2.05) is 90.9 Å². The first kappa shape index (κ1) is 36.3. The Bertz CT molecular complexity index is 1590. The van der Waals surface area contributed by atoms with Crippen molar-refractivity contribution < 1.29 is 29.0 Å². The second-order valence-electron chi connectivity index (χ2n) is 14.3. The van der Waals surface area contributed by atoms with E-state index in [0.29, 0.717) is 30.9 Å². The molecule has 0 saturated carbocycles. The van der Waals surface area contributed by atoms with Crippen LogP contribution in [0.4, 0.5) is 11.4 Å². The Morgan fingerprint density at radius 1 is 1.08 bits per heavy atom. The predicted molar refractivity (Wildman–Crippen MR) is 193 cm³/mol. The molecule has 2 aromatic carbocycles. The molecule has 0 aliphatic carbocycles. The second-order valence-corrected chi connectivity index (χ2v) is 14.3. The second kappa shape index (κ2) is 14.1. The number of hydrogen-bond donors (Lipinski definition) is 1. The van der Waals surface area contributed by atoms with Crippen LogP contribution in [0.15, 0.2) is 67.8 Å². The maximum absolute atomic E-state index is 15.2. The highest BCUT2D eigenvalue weighted by Crippen LogP contribution is 2.66. The molecule has 49 heavy (non-hydrogen) atoms. The highest BCUT2D eigenvalue weighted by molar-refractivity contribution is 6.07. The van der Waals surface area contributed by atoms with Crippen molar-refractivity contribution in [2.75, 3.05) is 36.1 Å². The van der Waals surface area contributed by atoms with E-state index < -0.39 is 35.1 Å². The zero-order valence-electron chi connectivity index (χ0n) is 30.1. The molecule has 264 valence electrons. The first-order valence-electron chi connectivity index (χ1n) is 17.6. The molecular weight excluding hydrogens is 618 g/mol. The Morgan fingerprint density at radius 3 is 2.33 bits per heavy atom. The number of fused-ring (bicyclic) bond motifs is 1. The first-order valence-corrected chi connectivity index (χ1v) is 17.6. The SMILES string of the molecule is C=CCN(C(=O)[C@H]1[C@H]2C(=O)N([C@@H](CO)[C@@H](C)CC)C(C(=O)N(CC=C)c3cc(C)ccc3C)C23CC(C)[C@]1(C)O3)c1ccc(OCC)cc1. The lowest BCUT2D eigenvalue weighted by Gasteiger charge is -2.41. The normalized spacial score (nSPS) is 28.2. The van der Waals surface area contributed by atoms with Crippen molar-refractivity contribution in [1.29, 1.82) is 0 Å². The number of aryl methyl sites for hydroxylation is 2. The lowest BCUT2D eigenvalue weighted by Crippen LogP contribution is -2.60. The van der Waals surface area contributed by atoms with Gasteiger partial charge in [-0.15, -0.1) is 13.2 Å². The first-order chi connectivity index (χ1) is 23.3. The van der Waals surface area contributed by atoms with Gasteiger partial charge in [0.2, 0.25) is 11.8 Å². The third-order valence-corrected chi connectivity index (χ3v) is 11.4. The van der Waals surface area contributed by atoms with Crippen LogP contribution in [0.1, 0.15) is 58.6 Å². The summed E-state index contributed by atoms with van der Waals surface area (Å²) in [7, 11) is 0. The molecule has 3 aliphatic heterocycles. The van der Waals surface area contributed by atoms with Gasteiger partial charge < -0.3 is 29.3 Å². The summed E-state index contributed by atoms with van der Waals surface area (Å²) in [6.45, 7) is 22.3. The molecule has 1 spiro atoms. The third kappa shape index (κ3) is 5.88. The molecule has 9 heteroatoms. The van der Waals surface area contributed by atoms with Crippen molar-refractivity contribution in [1.82, 2.24) is 4.90 Å². The van der Waals surface area contributed by atoms with E-state index in [0.717, 1.165) is 16.8 Å². The molecule has 3 fully saturated rings. The van der Waals surface area contributed by atoms with Crippen LogP contribution >= 0.6 is 0 Å². The molecule has 5 rings (SSSR count). The lowest BCUT2D eigenvalue weighted by atomic mass is 9.62. The smallest absolute Gasteiger partial charge is 0.253 e. The van der Waals surface area contributed by atoms with Gasteiger partial charge in [-0.3, -0.25) is 14.4 Å². The number of hydrogen-bond acceptors (Lipinski definition) is 6. The van der Waals surface area contributed by atoms with E-state index in [4.69, 9.17) is 9.47 Å². The minimum Gasteiger partial charge on any atom is -0.494 e. The predicted octanol–water partition coefficient (Wildman–Crippen LogP) is 5.86. The van der Waals surface area contributed by atoms with Crippen LogP contribution in [-0.2, 0) is 19.1 Å². The van der Waals surface area contributed by atoms with Gasteiger partial charge in [-0.2, -0.15) is 0 Å². The van der Waals surface area contributed by atoms with Gasteiger partial charge in [0.1, 0.15) is 17.4 Å². The molecule has 3 heterocycles. The van der Waals surface area contributed by atoms with Crippen LogP contribution in [-0.4, -0.2) is 77.3 Å². The summed E-state index contributed by atoms with van der Waals surface area (Å²) in [4.78, 5) is 50.2. The Hall–Kier alpha value is -3.95. The molecule has 9 nitrogen and oxygen atoms in total. The van der Waals surface area contributed by atoms with Gasteiger partial charge >= 0.3 is 0 Å². The van der Waals surface area contributed by atoms with E-state index >= 15 is 9.59 Å². The van der Waals surface area contributed by atoms with Gasteiger partial charge in [-0.25, -0.2) is 0 Å². The standard InChI is InChI=1S/C40H53N3O6/c1-10-20-41(29-16-18-30(19-17-29)48-13-4)36(45)33-34-37(46)43(32(24-44)26(6)12-3)35(40(34)23-28(8)39(33,9)49-40)38(47)42(21-11-2)31-22-25(5)14-15-27(31)7/h10-11,14-19,22,26,28,32-35,44H,1-2,12-13,20-21,23-24H2,3-9H3/t26-,28?,32-,33+,34-,35?,39-,40?/m0/s1. The number of anilines is 2. The molecule has 3 amide bonds. The number of aliphatic hydroxyl groups is 1. The van der Waals surface area contributed by atoms with Gasteiger partial charge in [-0.05, 0) is 87.4 Å². The summed E-state index contributed by atoms with van der Waals surface area (Å²) < 4.78 is 12.7. The fourth-order valence-electron chi connectivity index (χ4n) is 8.61. The van der Waals surface area contributed by atoms with Crippen LogP contribution in [0.25, 0.3) is 0 Å². The number of nitrogens with zero attached hydrogens (tertiary/aromatic N) is 3. The number of amides is 3. The van der Waals surface area contributed by atoms with Gasteiger partial charge in [0.25, 0.3) is 5.91 Å². The zero-order chi connectivity index (χ0) is 35.8. The van der Waals surface area contributed by atoms with Crippen molar-refractivity contribution in [3.8, 4) is 5.75 Å². The Labute approximate surface area is 291 Å². The van der Waals surface area contributed by atoms with Crippen LogP contribution in [0.5, 0.6) is 5.75 Å². The number of ether oxygens (including phenoxy) is 2. The fourth-order valence-corrected chi connectivity index (χ4v) is 8.61.